The van der Waals surface area contributed by atoms with Crippen LogP contribution in [0.2, 0.25) is 5.02 Å². The van der Waals surface area contributed by atoms with Gasteiger partial charge in [-0.1, -0.05) is 29.8 Å². The number of primary amides is 1. The summed E-state index contributed by atoms with van der Waals surface area (Å²) in [5, 5.41) is 4.14. The van der Waals surface area contributed by atoms with E-state index < -0.39 is 73.3 Å². The van der Waals surface area contributed by atoms with Crippen LogP contribution < -0.4 is 11.4 Å². The van der Waals surface area contributed by atoms with E-state index in [-0.39, 0.29) is 16.1 Å². The molecule has 1 atom stereocenters. The largest absolute Gasteiger partial charge is 0.449 e. The molecule has 0 saturated carbocycles. The highest BCUT2D eigenvalue weighted by molar-refractivity contribution is 6.30. The highest BCUT2D eigenvalue weighted by atomic mass is 35.5. The Hall–Kier alpha value is -3.81. The maximum absolute atomic E-state index is 13.5. The molecule has 3 aromatic rings. The zero-order chi connectivity index (χ0) is 28.3. The predicted octanol–water partition coefficient (Wildman–Crippen LogP) is 4.78. The van der Waals surface area contributed by atoms with Crippen molar-refractivity contribution in [3.63, 3.8) is 0 Å². The van der Waals surface area contributed by atoms with Gasteiger partial charge < -0.3 is 10.5 Å². The minimum absolute atomic E-state index is 0.105. The molecule has 15 heteroatoms. The second-order valence-electron chi connectivity index (χ2n) is 8.13. The number of benzene rings is 2. The van der Waals surface area contributed by atoms with E-state index in [1.165, 1.54) is 30.3 Å². The normalized spacial score (nSPS) is 12.8. The maximum atomic E-state index is 13.5. The second-order valence-corrected chi connectivity index (χ2v) is 8.56. The molecule has 38 heavy (non-hydrogen) atoms. The van der Waals surface area contributed by atoms with Gasteiger partial charge in [0.05, 0.1) is 5.56 Å². The van der Waals surface area contributed by atoms with E-state index in [9.17, 15) is 40.7 Å². The second kappa shape index (κ2) is 11.3. The molecule has 204 valence electrons. The molecule has 3 rings (SSSR count). The van der Waals surface area contributed by atoms with Crippen LogP contribution in [0.15, 0.2) is 53.3 Å². The molecule has 0 aliphatic carbocycles. The lowest BCUT2D eigenvalue weighted by atomic mass is 9.90. The van der Waals surface area contributed by atoms with Crippen LogP contribution in [0.5, 0.6) is 0 Å². The quantitative estimate of drug-likeness (QED) is 0.376. The van der Waals surface area contributed by atoms with Crippen LogP contribution in [0, 0.1) is 0 Å². The minimum Gasteiger partial charge on any atom is -0.449 e. The molecule has 8 nitrogen and oxygen atoms in total. The molecule has 0 saturated heterocycles. The molecule has 0 spiro atoms. The van der Waals surface area contributed by atoms with Crippen molar-refractivity contribution in [1.29, 1.82) is 0 Å². The van der Waals surface area contributed by atoms with E-state index in [0.717, 1.165) is 18.2 Å². The summed E-state index contributed by atoms with van der Waals surface area (Å²) >= 11 is 5.81. The van der Waals surface area contributed by atoms with Crippen molar-refractivity contribution in [3.05, 3.63) is 75.2 Å². The summed E-state index contributed by atoms with van der Waals surface area (Å²) in [6.07, 6.45) is -11.6. The van der Waals surface area contributed by atoms with Crippen molar-refractivity contribution in [2.24, 2.45) is 5.73 Å². The van der Waals surface area contributed by atoms with Gasteiger partial charge in [0.1, 0.15) is 19.7 Å². The number of amides is 1. The molecule has 0 radical (unpaired) electrons. The topological polar surface area (TPSA) is 109 Å². The number of halogens is 7. The van der Waals surface area contributed by atoms with Crippen LogP contribution in [0.1, 0.15) is 23.5 Å². The van der Waals surface area contributed by atoms with Gasteiger partial charge in [0.15, 0.2) is 11.6 Å². The van der Waals surface area contributed by atoms with Crippen LogP contribution in [0.25, 0.3) is 11.4 Å². The lowest BCUT2D eigenvalue weighted by Crippen LogP contribution is -2.32. The van der Waals surface area contributed by atoms with Gasteiger partial charge in [0, 0.05) is 22.9 Å². The number of alkyl halides is 6. The molecule has 0 fully saturated rings. The molecule has 0 aliphatic heterocycles. The standard InChI is InChI=1S/C23H19ClF6N4O4/c24-15-7-5-13(6-8-15)19-32-34(21(37)33(19)12-22(25,26)27)10-16(35)9-14(11-38-20(31)36)17-3-1-2-4-18(17)23(28,29)30/h1-8,14H,9-12H2,(H2,31,36)/t14-/m0/s1. The number of rotatable bonds is 9. The van der Waals surface area contributed by atoms with Gasteiger partial charge in [0.2, 0.25) is 0 Å². The fourth-order valence-electron chi connectivity index (χ4n) is 3.74. The summed E-state index contributed by atoms with van der Waals surface area (Å²) in [4.78, 5) is 36.7. The summed E-state index contributed by atoms with van der Waals surface area (Å²) in [5.41, 5.74) is 2.32. The Morgan fingerprint density at radius 1 is 1.03 bits per heavy atom. The highest BCUT2D eigenvalue weighted by Gasteiger charge is 2.36. The molecule has 2 N–H and O–H groups in total. The summed E-state index contributed by atoms with van der Waals surface area (Å²) in [6, 6.07) is 9.67. The number of hydrogen-bond donors (Lipinski definition) is 1. The Bertz CT molecular complexity index is 1370. The monoisotopic (exact) mass is 564 g/mol. The minimum atomic E-state index is -4.80. The number of nitrogens with zero attached hydrogens (tertiary/aromatic N) is 3. The third-order valence-electron chi connectivity index (χ3n) is 5.30. The number of nitrogens with two attached hydrogens (primary N) is 1. The number of carbonyl (C=O) groups is 2. The van der Waals surface area contributed by atoms with Gasteiger partial charge in [-0.3, -0.25) is 9.36 Å². The Kier molecular flexibility index (Phi) is 8.54. The number of aromatic nitrogens is 3. The zero-order valence-corrected chi connectivity index (χ0v) is 20.0. The third-order valence-corrected chi connectivity index (χ3v) is 5.55. The van der Waals surface area contributed by atoms with Gasteiger partial charge >= 0.3 is 24.1 Å². The summed E-state index contributed by atoms with van der Waals surface area (Å²) in [7, 11) is 0. The lowest BCUT2D eigenvalue weighted by molar-refractivity contribution is -0.141. The Morgan fingerprint density at radius 2 is 1.66 bits per heavy atom. The first-order valence-electron chi connectivity index (χ1n) is 10.8. The molecular weight excluding hydrogens is 546 g/mol. The first-order valence-corrected chi connectivity index (χ1v) is 11.1. The van der Waals surface area contributed by atoms with Crippen LogP contribution >= 0.6 is 11.6 Å². The van der Waals surface area contributed by atoms with E-state index in [1.807, 2.05) is 0 Å². The number of Topliss-reactive ketones (excluding diaryl/α,β-unsaturated/α-hetero) is 1. The van der Waals surface area contributed by atoms with Crippen LogP contribution in [0.4, 0.5) is 31.1 Å². The average molecular weight is 565 g/mol. The predicted molar refractivity (Wildman–Crippen MR) is 122 cm³/mol. The fourth-order valence-corrected chi connectivity index (χ4v) is 3.86. The lowest BCUT2D eigenvalue weighted by Gasteiger charge is -2.21. The number of ether oxygens (including phenoxy) is 1. The fraction of sp³-hybridized carbons (Fsp3) is 0.304. The molecule has 1 heterocycles. The van der Waals surface area contributed by atoms with Gasteiger partial charge in [-0.15, -0.1) is 5.10 Å². The summed E-state index contributed by atoms with van der Waals surface area (Å²) < 4.78 is 85.6. The van der Waals surface area contributed by atoms with Crippen molar-refractivity contribution in [2.75, 3.05) is 6.61 Å². The van der Waals surface area contributed by atoms with Crippen LogP contribution in [-0.4, -0.2) is 39.0 Å². The Labute approximate surface area is 215 Å². The van der Waals surface area contributed by atoms with E-state index >= 15 is 0 Å². The highest BCUT2D eigenvalue weighted by Crippen LogP contribution is 2.36. The van der Waals surface area contributed by atoms with Gasteiger partial charge in [-0.05, 0) is 35.9 Å². The molecule has 1 amide bonds. The van der Waals surface area contributed by atoms with E-state index in [4.69, 9.17) is 17.3 Å². The molecule has 1 aromatic heterocycles. The molecular formula is C23H19ClF6N4O4. The van der Waals surface area contributed by atoms with Gasteiger partial charge in [0.25, 0.3) is 0 Å². The molecule has 0 unspecified atom stereocenters. The molecule has 0 aliphatic rings. The SMILES string of the molecule is NC(=O)OC[C@H](CC(=O)Cn1nc(-c2ccc(Cl)cc2)n(CC(F)(F)F)c1=O)c1ccccc1C(F)(F)F. The number of hydrogen-bond acceptors (Lipinski definition) is 5. The number of carbonyl (C=O) groups excluding carboxylic acids is 2. The first-order chi connectivity index (χ1) is 17.7. The Balaban J connectivity index is 1.95. The average Bonchev–Trinajstić information content (AvgIpc) is 3.10. The molecule has 2 aromatic carbocycles. The Morgan fingerprint density at radius 3 is 2.24 bits per heavy atom. The van der Waals surface area contributed by atoms with Crippen molar-refractivity contribution < 1.29 is 40.7 Å². The van der Waals surface area contributed by atoms with E-state index in [0.29, 0.717) is 9.25 Å². The molecule has 0 bridgehead atoms. The van der Waals surface area contributed by atoms with Crippen LogP contribution in [-0.2, 0) is 28.8 Å². The van der Waals surface area contributed by atoms with Crippen molar-refractivity contribution in [2.45, 2.75) is 37.8 Å². The smallest absolute Gasteiger partial charge is 0.416 e. The first kappa shape index (κ1) is 28.8. The van der Waals surface area contributed by atoms with Crippen molar-refractivity contribution in [3.8, 4) is 11.4 Å². The van der Waals surface area contributed by atoms with Crippen LogP contribution in [0.3, 0.4) is 0 Å². The van der Waals surface area contributed by atoms with Crippen molar-refractivity contribution in [1.82, 2.24) is 14.3 Å². The number of ketones is 1. The summed E-state index contributed by atoms with van der Waals surface area (Å²) in [5.74, 6) is -2.58. The van der Waals surface area contributed by atoms with Gasteiger partial charge in [-0.2, -0.15) is 26.3 Å². The third kappa shape index (κ3) is 7.37. The van der Waals surface area contributed by atoms with E-state index in [1.54, 1.807) is 0 Å². The van der Waals surface area contributed by atoms with E-state index in [2.05, 4.69) is 9.84 Å². The maximum Gasteiger partial charge on any atom is 0.416 e. The van der Waals surface area contributed by atoms with Crippen molar-refractivity contribution >= 4 is 23.5 Å². The van der Waals surface area contributed by atoms with Gasteiger partial charge in [-0.25, -0.2) is 14.3 Å². The summed E-state index contributed by atoms with van der Waals surface area (Å²) in [6.45, 7) is -3.25. The zero-order valence-electron chi connectivity index (χ0n) is 19.2.